The van der Waals surface area contributed by atoms with Crippen molar-refractivity contribution >= 4 is 59.0 Å². The van der Waals surface area contributed by atoms with Crippen molar-refractivity contribution in [1.29, 1.82) is 0 Å². The SMILES string of the molecule is O=C(O)C1CCCN(c2cccc(-c3cc(Sc4cc(-c5cccc(N6CCC[C@@H](C(=O)O)C6)c5)c(/C=C/C(=O)N5CCOCC5)c(C(F)(F)F)c4C(F)(F)F)c(C(F)(F)F)c(C(F)(F)F)c3/C=C/C(=O)N3CCOCC3)c2)C1. The van der Waals surface area contributed by atoms with Gasteiger partial charge in [-0.3, -0.25) is 19.2 Å². The highest BCUT2D eigenvalue weighted by Crippen LogP contribution is 2.55. The van der Waals surface area contributed by atoms with E-state index in [0.717, 1.165) is 21.9 Å². The summed E-state index contributed by atoms with van der Waals surface area (Å²) in [6.45, 7) is 0.180. The number of halogens is 12. The fourth-order valence-corrected chi connectivity index (χ4v) is 11.5. The number of nitrogens with zero attached hydrogens (tertiary/aromatic N) is 4. The second kappa shape index (κ2) is 23.5. The van der Waals surface area contributed by atoms with Gasteiger partial charge in [0.15, 0.2) is 0 Å². The van der Waals surface area contributed by atoms with Gasteiger partial charge < -0.3 is 39.3 Å². The van der Waals surface area contributed by atoms with Crippen LogP contribution < -0.4 is 9.80 Å². The van der Waals surface area contributed by atoms with Crippen LogP contribution in [0.25, 0.3) is 34.4 Å². The van der Waals surface area contributed by atoms with Crippen LogP contribution in [0, 0.1) is 11.8 Å². The maximum Gasteiger partial charge on any atom is 0.418 e. The number of carbonyl (C=O) groups is 4. The van der Waals surface area contributed by atoms with Gasteiger partial charge >= 0.3 is 36.6 Å². The normalized spacial score (nSPS) is 19.1. The number of piperidine rings is 2. The zero-order valence-electron chi connectivity index (χ0n) is 41.6. The van der Waals surface area contributed by atoms with Gasteiger partial charge in [0.1, 0.15) is 0 Å². The molecule has 424 valence electrons. The van der Waals surface area contributed by atoms with E-state index in [1.54, 1.807) is 9.80 Å². The zero-order chi connectivity index (χ0) is 57.2. The van der Waals surface area contributed by atoms with Crippen LogP contribution in [0.1, 0.15) is 59.1 Å². The van der Waals surface area contributed by atoms with Crippen molar-refractivity contribution in [2.75, 3.05) is 88.6 Å². The number of carboxylic acids is 2. The minimum Gasteiger partial charge on any atom is -0.481 e. The smallest absolute Gasteiger partial charge is 0.418 e. The number of anilines is 2. The molecule has 1 unspecified atom stereocenters. The maximum absolute atomic E-state index is 15.9. The van der Waals surface area contributed by atoms with Gasteiger partial charge in [0.05, 0.1) is 60.5 Å². The van der Waals surface area contributed by atoms with E-state index < -0.39 is 126 Å². The highest BCUT2D eigenvalue weighted by atomic mass is 32.2. The van der Waals surface area contributed by atoms with Crippen LogP contribution in [0.5, 0.6) is 0 Å². The molecular formula is C54H50F12N4O8S. The molecule has 0 aliphatic carbocycles. The van der Waals surface area contributed by atoms with Crippen molar-refractivity contribution in [1.82, 2.24) is 9.80 Å². The van der Waals surface area contributed by atoms with E-state index >= 15 is 52.7 Å². The van der Waals surface area contributed by atoms with E-state index in [-0.39, 0.29) is 114 Å². The Hall–Kier alpha value is -6.73. The first kappa shape index (κ1) is 58.4. The first-order valence-electron chi connectivity index (χ1n) is 24.8. The Morgan fingerprint density at radius 1 is 0.506 bits per heavy atom. The number of rotatable bonds is 12. The summed E-state index contributed by atoms with van der Waals surface area (Å²) in [5.74, 6) is -5.98. The van der Waals surface area contributed by atoms with Crippen molar-refractivity contribution in [3.05, 3.63) is 106 Å². The Kier molecular flexibility index (Phi) is 17.4. The molecule has 2 N–H and O–H groups in total. The summed E-state index contributed by atoms with van der Waals surface area (Å²) < 4.78 is 201. The molecule has 0 aromatic heterocycles. The molecule has 8 rings (SSSR count). The van der Waals surface area contributed by atoms with Crippen molar-refractivity contribution in [2.45, 2.75) is 60.2 Å². The molecule has 2 amide bonds. The molecule has 4 saturated heterocycles. The summed E-state index contributed by atoms with van der Waals surface area (Å²) in [6, 6.07) is 11.2. The van der Waals surface area contributed by atoms with Crippen LogP contribution >= 0.6 is 11.8 Å². The van der Waals surface area contributed by atoms with Crippen LogP contribution in [0.4, 0.5) is 64.1 Å². The Morgan fingerprint density at radius 3 is 1.19 bits per heavy atom. The number of benzene rings is 4. The number of amides is 2. The highest BCUT2D eigenvalue weighted by molar-refractivity contribution is 7.99. The number of carbonyl (C=O) groups excluding carboxylic acids is 2. The van der Waals surface area contributed by atoms with Crippen molar-refractivity contribution in [3.8, 4) is 22.3 Å². The summed E-state index contributed by atoms with van der Waals surface area (Å²) >= 11 is -0.662. The lowest BCUT2D eigenvalue weighted by molar-refractivity contribution is -0.164. The number of ether oxygens (including phenoxy) is 2. The first-order valence-corrected chi connectivity index (χ1v) is 25.7. The topological polar surface area (TPSA) is 140 Å². The molecule has 4 aromatic carbocycles. The molecule has 12 nitrogen and oxygen atoms in total. The standard InChI is InChI=1S/C54H50F12N4O8S/c55-51(56,57)45-37(11-13-43(71)67-17-21-77-22-18-67)39(31-5-1-9-35(25-31)69-15-3-7-33(29-69)49(73)74)27-41(47(45)53(61,62)63)79-42-28-40(32-6-2-10-36(26-32)70-16-4-8-34(30-70)50(75)76)38(12-14-44(72)68-19-23-78-24-20-68)46(52(58,59)60)48(42)54(64,65)66/h1-2,5-6,9-14,25-28,33-34H,3-4,7-8,15-24,29-30H2,(H,73,74)(H,75,76)/b13-11+,14-12+/t33-,34?/m1/s1. The zero-order valence-corrected chi connectivity index (χ0v) is 42.4. The summed E-state index contributed by atoms with van der Waals surface area (Å²) in [7, 11) is 0. The first-order chi connectivity index (χ1) is 37.2. The molecule has 0 bridgehead atoms. The quantitative estimate of drug-likeness (QED) is 0.103. The largest absolute Gasteiger partial charge is 0.481 e. The van der Waals surface area contributed by atoms with Gasteiger partial charge in [-0.2, -0.15) is 52.7 Å². The lowest BCUT2D eigenvalue weighted by Gasteiger charge is -2.33. The molecule has 25 heteroatoms. The second-order valence-corrected chi connectivity index (χ2v) is 20.2. The lowest BCUT2D eigenvalue weighted by Crippen LogP contribution is -2.39. The summed E-state index contributed by atoms with van der Waals surface area (Å²) in [6.07, 6.45) is -20.9. The van der Waals surface area contributed by atoms with Gasteiger partial charge in [-0.25, -0.2) is 0 Å². The third kappa shape index (κ3) is 13.5. The third-order valence-corrected chi connectivity index (χ3v) is 15.1. The van der Waals surface area contributed by atoms with Gasteiger partial charge in [0, 0.05) is 85.7 Å². The molecule has 79 heavy (non-hydrogen) atoms. The Bertz CT molecular complexity index is 2820. The van der Waals surface area contributed by atoms with Gasteiger partial charge in [-0.05, 0) is 108 Å². The van der Waals surface area contributed by atoms with E-state index in [1.807, 2.05) is 0 Å². The van der Waals surface area contributed by atoms with Gasteiger partial charge in [-0.1, -0.05) is 36.0 Å². The number of alkyl halides is 12. The van der Waals surface area contributed by atoms with Crippen molar-refractivity contribution in [2.24, 2.45) is 11.8 Å². The van der Waals surface area contributed by atoms with E-state index in [9.17, 15) is 29.4 Å². The second-order valence-electron chi connectivity index (χ2n) is 19.2. The van der Waals surface area contributed by atoms with Gasteiger partial charge in [0.25, 0.3) is 0 Å². The molecule has 4 aliphatic rings. The predicted octanol–water partition coefficient (Wildman–Crippen LogP) is 11.6. The average molecular weight is 1140 g/mol. The maximum atomic E-state index is 15.9. The van der Waals surface area contributed by atoms with E-state index in [4.69, 9.17) is 9.47 Å². The van der Waals surface area contributed by atoms with E-state index in [0.29, 0.717) is 49.3 Å². The predicted molar refractivity (Wildman–Crippen MR) is 266 cm³/mol. The molecule has 4 aromatic rings. The van der Waals surface area contributed by atoms with Crippen LogP contribution in [-0.2, 0) is 53.4 Å². The third-order valence-electron chi connectivity index (χ3n) is 14.0. The Balaban J connectivity index is 1.42. The molecule has 0 radical (unpaired) electrons. The van der Waals surface area contributed by atoms with Crippen LogP contribution in [0.15, 0.2) is 82.6 Å². The number of morpholine rings is 2. The van der Waals surface area contributed by atoms with Gasteiger partial charge in [0.2, 0.25) is 11.8 Å². The number of hydrogen-bond donors (Lipinski definition) is 2. The van der Waals surface area contributed by atoms with E-state index in [1.165, 1.54) is 36.4 Å². The van der Waals surface area contributed by atoms with Crippen LogP contribution in [-0.4, -0.2) is 123 Å². The highest BCUT2D eigenvalue weighted by Gasteiger charge is 2.50. The van der Waals surface area contributed by atoms with Crippen molar-refractivity contribution in [3.63, 3.8) is 0 Å². The minimum atomic E-state index is -6.11. The summed E-state index contributed by atoms with van der Waals surface area (Å²) in [4.78, 5) is 53.0. The van der Waals surface area contributed by atoms with E-state index in [2.05, 4.69) is 0 Å². The van der Waals surface area contributed by atoms with Crippen LogP contribution in [0.3, 0.4) is 0 Å². The molecule has 4 heterocycles. The van der Waals surface area contributed by atoms with Crippen LogP contribution in [0.2, 0.25) is 0 Å². The molecule has 4 aliphatic heterocycles. The van der Waals surface area contributed by atoms with Gasteiger partial charge in [-0.15, -0.1) is 0 Å². The fourth-order valence-electron chi connectivity index (χ4n) is 10.3. The summed E-state index contributed by atoms with van der Waals surface area (Å²) in [5, 5.41) is 19.6. The monoisotopic (exact) mass is 1140 g/mol. The molecule has 0 saturated carbocycles. The number of carboxylic acid groups (broad SMARTS) is 2. The van der Waals surface area contributed by atoms with Crippen molar-refractivity contribution < 1.29 is 91.5 Å². The Morgan fingerprint density at radius 2 is 0.861 bits per heavy atom. The molecule has 0 spiro atoms. The minimum absolute atomic E-state index is 0.0212. The fraction of sp³-hybridized carbons (Fsp3) is 0.407. The average Bonchev–Trinajstić information content (AvgIpc) is 3.61. The number of hydrogen-bond acceptors (Lipinski definition) is 9. The molecular weight excluding hydrogens is 1090 g/mol. The number of aliphatic carboxylic acids is 2. The molecule has 2 atom stereocenters. The lowest BCUT2D eigenvalue weighted by atomic mass is 9.89. The molecule has 4 fully saturated rings. The Labute approximate surface area is 448 Å². The summed E-state index contributed by atoms with van der Waals surface area (Å²) in [5.41, 5.74) is -14.4.